The first-order valence-corrected chi connectivity index (χ1v) is 12.1. The van der Waals surface area contributed by atoms with Crippen molar-refractivity contribution >= 4 is 11.7 Å². The molecule has 3 aliphatic rings. The zero-order chi connectivity index (χ0) is 23.5. The van der Waals surface area contributed by atoms with E-state index in [4.69, 9.17) is 4.98 Å². The monoisotopic (exact) mass is 445 g/mol. The van der Waals surface area contributed by atoms with Crippen molar-refractivity contribution in [1.29, 1.82) is 0 Å². The molecule has 2 aromatic rings. The van der Waals surface area contributed by atoms with Crippen molar-refractivity contribution in [3.05, 3.63) is 53.2 Å². The SMILES string of the molecule is C=CC(=O)N1CC2(CCN(c3nc4c(c(-c5cc(O)ccc5C)c3C)CCC(C)(C)C4)C2)C1. The van der Waals surface area contributed by atoms with E-state index in [1.807, 2.05) is 17.0 Å². The maximum absolute atomic E-state index is 12.0. The standard InChI is InChI=1S/C28H35N3O2/c1-6-24(33)31-16-28(17-31)11-12-30(15-28)26-19(3)25(22-13-20(32)8-7-18(22)2)21-9-10-27(4,5)14-23(21)29-26/h6-8,13,32H,1,9-12,14-17H2,2-5H3. The third-order valence-corrected chi connectivity index (χ3v) is 8.07. The van der Waals surface area contributed by atoms with Gasteiger partial charge in [-0.1, -0.05) is 26.5 Å². The number of aromatic hydroxyl groups is 1. The molecule has 0 saturated carbocycles. The van der Waals surface area contributed by atoms with Crippen molar-refractivity contribution in [2.75, 3.05) is 31.1 Å². The van der Waals surface area contributed by atoms with Gasteiger partial charge in [0, 0.05) is 37.3 Å². The number of likely N-dealkylation sites (tertiary alicyclic amines) is 1. The van der Waals surface area contributed by atoms with Gasteiger partial charge in [0.25, 0.3) is 0 Å². The van der Waals surface area contributed by atoms with Gasteiger partial charge in [-0.15, -0.1) is 0 Å². The molecule has 2 aliphatic heterocycles. The second-order valence-electron chi connectivity index (χ2n) is 11.3. The van der Waals surface area contributed by atoms with Gasteiger partial charge in [0.1, 0.15) is 11.6 Å². The minimum atomic E-state index is 0.0334. The quantitative estimate of drug-likeness (QED) is 0.689. The summed E-state index contributed by atoms with van der Waals surface area (Å²) in [5.41, 5.74) is 7.73. The van der Waals surface area contributed by atoms with E-state index in [1.54, 1.807) is 6.07 Å². The predicted octanol–water partition coefficient (Wildman–Crippen LogP) is 4.81. The third kappa shape index (κ3) is 3.71. The molecule has 1 aromatic heterocycles. The molecule has 2 saturated heterocycles. The molecule has 5 rings (SSSR count). The molecule has 0 unspecified atom stereocenters. The van der Waals surface area contributed by atoms with Crippen LogP contribution in [0.2, 0.25) is 0 Å². The van der Waals surface area contributed by atoms with Crippen LogP contribution < -0.4 is 4.90 Å². The van der Waals surface area contributed by atoms with Gasteiger partial charge in [-0.3, -0.25) is 4.79 Å². The van der Waals surface area contributed by atoms with Gasteiger partial charge in [-0.2, -0.15) is 0 Å². The molecule has 33 heavy (non-hydrogen) atoms. The van der Waals surface area contributed by atoms with E-state index < -0.39 is 0 Å². The predicted molar refractivity (Wildman–Crippen MR) is 133 cm³/mol. The molecule has 1 aliphatic carbocycles. The highest BCUT2D eigenvalue weighted by Gasteiger charge is 2.49. The van der Waals surface area contributed by atoms with Crippen LogP contribution in [0, 0.1) is 24.7 Å². The van der Waals surface area contributed by atoms with Crippen molar-refractivity contribution in [2.24, 2.45) is 10.8 Å². The van der Waals surface area contributed by atoms with E-state index in [1.165, 1.54) is 34.0 Å². The number of carbonyl (C=O) groups is 1. The number of rotatable bonds is 3. The summed E-state index contributed by atoms with van der Waals surface area (Å²) in [6.07, 6.45) is 5.63. The number of nitrogens with zero attached hydrogens (tertiary/aromatic N) is 3. The third-order valence-electron chi connectivity index (χ3n) is 8.07. The molecule has 2 fully saturated rings. The number of aromatic nitrogens is 1. The molecule has 5 nitrogen and oxygen atoms in total. The van der Waals surface area contributed by atoms with Crippen LogP contribution in [0.15, 0.2) is 30.9 Å². The summed E-state index contributed by atoms with van der Waals surface area (Å²) in [6, 6.07) is 5.69. The second kappa shape index (κ2) is 7.61. The van der Waals surface area contributed by atoms with Crippen LogP contribution in [0.25, 0.3) is 11.1 Å². The minimum absolute atomic E-state index is 0.0334. The van der Waals surface area contributed by atoms with Gasteiger partial charge < -0.3 is 14.9 Å². The number of benzene rings is 1. The smallest absolute Gasteiger partial charge is 0.245 e. The Hall–Kier alpha value is -2.82. The number of phenolic OH excluding ortho intramolecular Hbond substituents is 1. The lowest BCUT2D eigenvalue weighted by molar-refractivity contribution is -0.136. The van der Waals surface area contributed by atoms with Crippen LogP contribution in [0.5, 0.6) is 5.75 Å². The lowest BCUT2D eigenvalue weighted by Gasteiger charge is -2.47. The Balaban J connectivity index is 1.56. The van der Waals surface area contributed by atoms with Crippen molar-refractivity contribution in [3.63, 3.8) is 0 Å². The fourth-order valence-corrected chi connectivity index (χ4v) is 6.16. The summed E-state index contributed by atoms with van der Waals surface area (Å²) in [7, 11) is 0. The van der Waals surface area contributed by atoms with Crippen LogP contribution in [0.4, 0.5) is 5.82 Å². The lowest BCUT2D eigenvalue weighted by atomic mass is 9.74. The van der Waals surface area contributed by atoms with E-state index in [2.05, 4.69) is 39.2 Å². The number of phenols is 1. The molecule has 1 spiro atoms. The fraction of sp³-hybridized carbons (Fsp3) is 0.500. The summed E-state index contributed by atoms with van der Waals surface area (Å²) < 4.78 is 0. The van der Waals surface area contributed by atoms with Crippen LogP contribution in [-0.4, -0.2) is 47.1 Å². The van der Waals surface area contributed by atoms with Gasteiger partial charge in [-0.05, 0) is 91.0 Å². The van der Waals surface area contributed by atoms with Crippen molar-refractivity contribution < 1.29 is 9.90 Å². The van der Waals surface area contributed by atoms with E-state index in [-0.39, 0.29) is 16.7 Å². The number of aryl methyl sites for hydroxylation is 1. The molecule has 1 aromatic carbocycles. The van der Waals surface area contributed by atoms with Gasteiger partial charge in [0.05, 0.1) is 0 Å². The maximum atomic E-state index is 12.0. The summed E-state index contributed by atoms with van der Waals surface area (Å²) in [6.45, 7) is 16.1. The molecular weight excluding hydrogens is 410 g/mol. The number of pyridine rings is 1. The zero-order valence-electron chi connectivity index (χ0n) is 20.4. The number of fused-ring (bicyclic) bond motifs is 1. The summed E-state index contributed by atoms with van der Waals surface area (Å²) >= 11 is 0. The highest BCUT2D eigenvalue weighted by atomic mass is 16.3. The molecule has 0 atom stereocenters. The number of hydrogen-bond acceptors (Lipinski definition) is 4. The Kier molecular flexibility index (Phi) is 5.07. The first-order valence-electron chi connectivity index (χ1n) is 12.1. The van der Waals surface area contributed by atoms with Gasteiger partial charge >= 0.3 is 0 Å². The summed E-state index contributed by atoms with van der Waals surface area (Å²) in [5.74, 6) is 1.42. The van der Waals surface area contributed by atoms with Gasteiger partial charge in [-0.25, -0.2) is 4.98 Å². The Morgan fingerprint density at radius 1 is 1.18 bits per heavy atom. The topological polar surface area (TPSA) is 56.7 Å². The second-order valence-corrected chi connectivity index (χ2v) is 11.3. The molecular formula is C28H35N3O2. The molecule has 1 amide bonds. The summed E-state index contributed by atoms with van der Waals surface area (Å²) in [4.78, 5) is 21.6. The highest BCUT2D eigenvalue weighted by molar-refractivity contribution is 5.88. The fourth-order valence-electron chi connectivity index (χ4n) is 6.16. The van der Waals surface area contributed by atoms with Crippen molar-refractivity contribution in [2.45, 2.75) is 53.4 Å². The average Bonchev–Trinajstić information content (AvgIpc) is 3.19. The van der Waals surface area contributed by atoms with E-state index in [9.17, 15) is 9.90 Å². The zero-order valence-corrected chi connectivity index (χ0v) is 20.4. The van der Waals surface area contributed by atoms with E-state index in [0.29, 0.717) is 5.75 Å². The first-order chi connectivity index (χ1) is 15.6. The molecule has 3 heterocycles. The van der Waals surface area contributed by atoms with Crippen LogP contribution in [0.3, 0.4) is 0 Å². The van der Waals surface area contributed by atoms with Crippen LogP contribution in [0.1, 0.15) is 49.1 Å². The Labute approximate surface area is 197 Å². The average molecular weight is 446 g/mol. The Bertz CT molecular complexity index is 1140. The van der Waals surface area contributed by atoms with Crippen LogP contribution in [-0.2, 0) is 17.6 Å². The normalized spacial score (nSPS) is 20.5. The van der Waals surface area contributed by atoms with Gasteiger partial charge in [0.15, 0.2) is 0 Å². The lowest BCUT2D eigenvalue weighted by Crippen LogP contribution is -2.59. The minimum Gasteiger partial charge on any atom is -0.508 e. The van der Waals surface area contributed by atoms with Crippen molar-refractivity contribution in [1.82, 2.24) is 9.88 Å². The van der Waals surface area contributed by atoms with Gasteiger partial charge in [0.2, 0.25) is 5.91 Å². The molecule has 0 radical (unpaired) electrons. The Morgan fingerprint density at radius 3 is 2.67 bits per heavy atom. The molecule has 5 heteroatoms. The van der Waals surface area contributed by atoms with Crippen LogP contribution >= 0.6 is 0 Å². The molecule has 1 N–H and O–H groups in total. The highest BCUT2D eigenvalue weighted by Crippen LogP contribution is 2.46. The number of carbonyl (C=O) groups excluding carboxylic acids is 1. The molecule has 0 bridgehead atoms. The molecule has 174 valence electrons. The first kappa shape index (κ1) is 22.0. The van der Waals surface area contributed by atoms with E-state index in [0.717, 1.165) is 63.2 Å². The van der Waals surface area contributed by atoms with Crippen molar-refractivity contribution in [3.8, 4) is 16.9 Å². The number of anilines is 1. The number of hydrogen-bond donors (Lipinski definition) is 1. The summed E-state index contributed by atoms with van der Waals surface area (Å²) in [5, 5.41) is 10.3. The maximum Gasteiger partial charge on any atom is 0.245 e. The van der Waals surface area contributed by atoms with E-state index >= 15 is 0 Å². The number of amides is 1. The Morgan fingerprint density at radius 2 is 1.94 bits per heavy atom. The largest absolute Gasteiger partial charge is 0.508 e.